The van der Waals surface area contributed by atoms with Gasteiger partial charge in [0.1, 0.15) is 5.75 Å². The molecule has 0 saturated carbocycles. The molecule has 24 heavy (non-hydrogen) atoms. The molecule has 5 heteroatoms. The number of ether oxygens (including phenoxy) is 1. The molecule has 4 nitrogen and oxygen atoms in total. The third-order valence-corrected chi connectivity index (χ3v) is 4.28. The van der Waals surface area contributed by atoms with Gasteiger partial charge < -0.3 is 10.1 Å². The van der Waals surface area contributed by atoms with Crippen molar-refractivity contribution in [3.63, 3.8) is 0 Å². The van der Waals surface area contributed by atoms with Crippen LogP contribution in [0.3, 0.4) is 0 Å². The van der Waals surface area contributed by atoms with E-state index in [1.165, 1.54) is 0 Å². The monoisotopic (exact) mass is 380 g/mol. The normalized spacial score (nSPS) is 10.2. The molecule has 0 aliphatic heterocycles. The van der Waals surface area contributed by atoms with Gasteiger partial charge in [-0.3, -0.25) is 4.79 Å². The van der Waals surface area contributed by atoms with Crippen LogP contribution in [0, 0.1) is 11.3 Å². The van der Waals surface area contributed by atoms with Gasteiger partial charge in [-0.05, 0) is 51.0 Å². The average molecular weight is 381 g/mol. The van der Waals surface area contributed by atoms with E-state index in [-0.39, 0.29) is 12.5 Å². The summed E-state index contributed by atoms with van der Waals surface area (Å²) in [5.41, 5.74) is 1.06. The highest BCUT2D eigenvalue weighted by molar-refractivity contribution is 9.10. The molecule has 0 heterocycles. The summed E-state index contributed by atoms with van der Waals surface area (Å²) in [7, 11) is 0. The van der Waals surface area contributed by atoms with Crippen LogP contribution in [0.4, 0.5) is 5.69 Å². The number of carbonyl (C=O) groups is 1. The number of nitriles is 1. The Balaban J connectivity index is 1.68. The highest BCUT2D eigenvalue weighted by Gasteiger charge is 2.09. The summed E-state index contributed by atoms with van der Waals surface area (Å²) in [6, 6.07) is 20.5. The maximum absolute atomic E-state index is 12.0. The molecule has 0 spiro atoms. The lowest BCUT2D eigenvalue weighted by Crippen LogP contribution is -2.20. The fraction of sp³-hybridized carbons (Fsp3) is 0.0526. The number of carbonyl (C=O) groups excluding carboxylic acids is 1. The predicted molar refractivity (Wildman–Crippen MR) is 96.9 cm³/mol. The van der Waals surface area contributed by atoms with E-state index in [1.54, 1.807) is 24.3 Å². The standard InChI is InChI=1S/C19H13BrN2O2/c20-19-16-7-2-1-5-14(16)8-9-17(19)24-12-18(23)22-15-6-3-4-13(10-15)11-21/h1-10H,12H2,(H,22,23). The summed E-state index contributed by atoms with van der Waals surface area (Å²) in [5, 5.41) is 13.7. The Bertz CT molecular complexity index is 947. The van der Waals surface area contributed by atoms with Crippen LogP contribution in [-0.4, -0.2) is 12.5 Å². The fourth-order valence-corrected chi connectivity index (χ4v) is 2.94. The van der Waals surface area contributed by atoms with E-state index < -0.39 is 0 Å². The van der Waals surface area contributed by atoms with E-state index in [2.05, 4.69) is 21.2 Å². The summed E-state index contributed by atoms with van der Waals surface area (Å²) in [4.78, 5) is 12.0. The molecule has 0 aliphatic rings. The second-order valence-corrected chi connectivity index (χ2v) is 5.92. The van der Waals surface area contributed by atoms with E-state index in [0.29, 0.717) is 17.0 Å². The van der Waals surface area contributed by atoms with E-state index in [1.807, 2.05) is 42.5 Å². The van der Waals surface area contributed by atoms with Gasteiger partial charge in [0.25, 0.3) is 5.91 Å². The van der Waals surface area contributed by atoms with Crippen LogP contribution in [-0.2, 0) is 4.79 Å². The summed E-state index contributed by atoms with van der Waals surface area (Å²) in [6.07, 6.45) is 0. The Morgan fingerprint density at radius 2 is 1.96 bits per heavy atom. The molecule has 0 bridgehead atoms. The number of amides is 1. The van der Waals surface area contributed by atoms with Gasteiger partial charge >= 0.3 is 0 Å². The summed E-state index contributed by atoms with van der Waals surface area (Å²) in [6.45, 7) is -0.117. The molecule has 1 amide bonds. The van der Waals surface area contributed by atoms with Crippen LogP contribution < -0.4 is 10.1 Å². The quantitative estimate of drug-likeness (QED) is 0.724. The Hall–Kier alpha value is -2.84. The molecule has 0 fully saturated rings. The number of nitrogens with one attached hydrogen (secondary N) is 1. The Kier molecular flexibility index (Phi) is 4.78. The zero-order valence-electron chi connectivity index (χ0n) is 12.6. The molecule has 0 unspecified atom stereocenters. The lowest BCUT2D eigenvalue weighted by Gasteiger charge is -2.11. The van der Waals surface area contributed by atoms with Crippen molar-refractivity contribution < 1.29 is 9.53 Å². The molecule has 3 aromatic rings. The lowest BCUT2D eigenvalue weighted by molar-refractivity contribution is -0.118. The number of rotatable bonds is 4. The van der Waals surface area contributed by atoms with Gasteiger partial charge in [-0.15, -0.1) is 0 Å². The van der Waals surface area contributed by atoms with Crippen LogP contribution >= 0.6 is 15.9 Å². The molecule has 0 aromatic heterocycles. The van der Waals surface area contributed by atoms with Crippen molar-refractivity contribution in [1.29, 1.82) is 5.26 Å². The highest BCUT2D eigenvalue weighted by atomic mass is 79.9. The Morgan fingerprint density at radius 1 is 1.12 bits per heavy atom. The van der Waals surface area contributed by atoms with Gasteiger partial charge in [-0.25, -0.2) is 0 Å². The minimum Gasteiger partial charge on any atom is -0.483 e. The largest absolute Gasteiger partial charge is 0.483 e. The number of anilines is 1. The number of fused-ring (bicyclic) bond motifs is 1. The van der Waals surface area contributed by atoms with E-state index in [4.69, 9.17) is 10.00 Å². The van der Waals surface area contributed by atoms with Crippen LogP contribution in [0.25, 0.3) is 10.8 Å². The van der Waals surface area contributed by atoms with E-state index >= 15 is 0 Å². The molecule has 3 aromatic carbocycles. The van der Waals surface area contributed by atoms with E-state index in [0.717, 1.165) is 15.2 Å². The van der Waals surface area contributed by atoms with Gasteiger partial charge in [0.2, 0.25) is 0 Å². The second-order valence-electron chi connectivity index (χ2n) is 5.13. The maximum Gasteiger partial charge on any atom is 0.262 e. The first kappa shape index (κ1) is 16.0. The van der Waals surface area contributed by atoms with Crippen molar-refractivity contribution in [2.75, 3.05) is 11.9 Å². The van der Waals surface area contributed by atoms with Crippen molar-refractivity contribution in [3.05, 3.63) is 70.7 Å². The maximum atomic E-state index is 12.0. The molecule has 0 saturated heterocycles. The summed E-state index contributed by atoms with van der Waals surface area (Å²) < 4.78 is 6.43. The molecule has 3 rings (SSSR count). The van der Waals surface area contributed by atoms with Crippen LogP contribution in [0.15, 0.2) is 65.1 Å². The summed E-state index contributed by atoms with van der Waals surface area (Å²) in [5.74, 6) is 0.319. The number of hydrogen-bond donors (Lipinski definition) is 1. The molecular weight excluding hydrogens is 368 g/mol. The molecular formula is C19H13BrN2O2. The average Bonchev–Trinajstić information content (AvgIpc) is 2.61. The fourth-order valence-electron chi connectivity index (χ4n) is 2.33. The Morgan fingerprint density at radius 3 is 2.79 bits per heavy atom. The van der Waals surface area contributed by atoms with Crippen LogP contribution in [0.2, 0.25) is 0 Å². The molecule has 1 N–H and O–H groups in total. The van der Waals surface area contributed by atoms with Crippen molar-refractivity contribution >= 4 is 38.3 Å². The SMILES string of the molecule is N#Cc1cccc(NC(=O)COc2ccc3ccccc3c2Br)c1. The predicted octanol–water partition coefficient (Wildman–Crippen LogP) is 4.49. The number of benzene rings is 3. The zero-order chi connectivity index (χ0) is 16.9. The minimum absolute atomic E-state index is 0.117. The third-order valence-electron chi connectivity index (χ3n) is 3.46. The number of halogens is 1. The van der Waals surface area contributed by atoms with Crippen molar-refractivity contribution in [3.8, 4) is 11.8 Å². The molecule has 0 atom stereocenters. The Labute approximate surface area is 147 Å². The first-order valence-corrected chi connectivity index (χ1v) is 8.07. The smallest absolute Gasteiger partial charge is 0.262 e. The lowest BCUT2D eigenvalue weighted by atomic mass is 10.1. The number of hydrogen-bond acceptors (Lipinski definition) is 3. The van der Waals surface area contributed by atoms with Crippen molar-refractivity contribution in [1.82, 2.24) is 0 Å². The zero-order valence-corrected chi connectivity index (χ0v) is 14.2. The van der Waals surface area contributed by atoms with Crippen molar-refractivity contribution in [2.24, 2.45) is 0 Å². The number of nitrogens with zero attached hydrogens (tertiary/aromatic N) is 1. The van der Waals surface area contributed by atoms with Gasteiger partial charge in [0, 0.05) is 5.69 Å². The van der Waals surface area contributed by atoms with E-state index in [9.17, 15) is 4.79 Å². The van der Waals surface area contributed by atoms with Crippen LogP contribution in [0.1, 0.15) is 5.56 Å². The van der Waals surface area contributed by atoms with Gasteiger partial charge in [0.15, 0.2) is 6.61 Å². The summed E-state index contributed by atoms with van der Waals surface area (Å²) >= 11 is 3.52. The second kappa shape index (κ2) is 7.16. The van der Waals surface area contributed by atoms with Crippen molar-refractivity contribution in [2.45, 2.75) is 0 Å². The van der Waals surface area contributed by atoms with Gasteiger partial charge in [-0.2, -0.15) is 5.26 Å². The first-order valence-electron chi connectivity index (χ1n) is 7.27. The highest BCUT2D eigenvalue weighted by Crippen LogP contribution is 2.32. The first-order chi connectivity index (χ1) is 11.7. The molecule has 118 valence electrons. The van der Waals surface area contributed by atoms with Crippen LogP contribution in [0.5, 0.6) is 5.75 Å². The minimum atomic E-state index is -0.287. The third kappa shape index (κ3) is 3.55. The van der Waals surface area contributed by atoms with Gasteiger partial charge in [-0.1, -0.05) is 36.4 Å². The topological polar surface area (TPSA) is 62.1 Å². The molecule has 0 radical (unpaired) electrons. The van der Waals surface area contributed by atoms with Gasteiger partial charge in [0.05, 0.1) is 16.1 Å². The molecule has 0 aliphatic carbocycles.